The number of likely N-dealkylation sites (tertiary alicyclic amines) is 1. The molecule has 2 aliphatic rings. The van der Waals surface area contributed by atoms with Crippen LogP contribution in [0.15, 0.2) is 52.3 Å². The summed E-state index contributed by atoms with van der Waals surface area (Å²) in [5, 5.41) is 10.2. The number of allylic oxidation sites excluding steroid dienone is 2. The average Bonchev–Trinajstić information content (AvgIpc) is 3.29. The van der Waals surface area contributed by atoms with Gasteiger partial charge in [0.15, 0.2) is 6.29 Å². The Morgan fingerprint density at radius 1 is 1.32 bits per heavy atom. The molecule has 0 amide bonds. The van der Waals surface area contributed by atoms with E-state index in [1.165, 1.54) is 5.57 Å². The number of ether oxygens (including phenoxy) is 1. The molecule has 28 heavy (non-hydrogen) atoms. The Bertz CT molecular complexity index is 895. The standard InChI is InChI=1S/C22H28N4O2/c1-3-15-11-12-16(22(27)28-4-2)14-23-21(15)26-13-7-10-19(26)20-24-17-8-5-6-9-18(17)25-20/h5-6,8-9,12,14,19,22,27H,3-4,7,10-11,13H2,1-2H3,(H,24,25)/t19-,22?/m0/s1. The number of hydrogen-bond acceptors (Lipinski definition) is 5. The number of aromatic nitrogens is 2. The second-order valence-electron chi connectivity index (χ2n) is 7.25. The second kappa shape index (κ2) is 8.29. The molecule has 0 bridgehead atoms. The summed E-state index contributed by atoms with van der Waals surface area (Å²) in [6.07, 6.45) is 6.72. The van der Waals surface area contributed by atoms with E-state index >= 15 is 0 Å². The minimum Gasteiger partial charge on any atom is -0.364 e. The van der Waals surface area contributed by atoms with E-state index in [4.69, 9.17) is 14.7 Å². The molecule has 6 nitrogen and oxygen atoms in total. The van der Waals surface area contributed by atoms with Gasteiger partial charge in [-0.15, -0.1) is 0 Å². The number of aliphatic hydroxyl groups is 1. The molecule has 2 aromatic rings. The van der Waals surface area contributed by atoms with Crippen molar-refractivity contribution < 1.29 is 9.84 Å². The van der Waals surface area contributed by atoms with Crippen LogP contribution >= 0.6 is 0 Å². The molecule has 1 unspecified atom stereocenters. The van der Waals surface area contributed by atoms with Crippen LogP contribution in [0.1, 0.15) is 51.4 Å². The quantitative estimate of drug-likeness (QED) is 0.741. The lowest BCUT2D eigenvalue weighted by atomic mass is 10.1. The third kappa shape index (κ3) is 3.62. The SMILES string of the molecule is CCOC(O)C1=CCC(CC)=C(N2CCC[C@H]2c2nc3ccccc3[nH]2)N=C1. The number of nitrogens with one attached hydrogen (secondary N) is 1. The predicted octanol–water partition coefficient (Wildman–Crippen LogP) is 4.08. The number of fused-ring (bicyclic) bond motifs is 1. The lowest BCUT2D eigenvalue weighted by molar-refractivity contribution is -0.0629. The van der Waals surface area contributed by atoms with E-state index in [1.54, 1.807) is 6.21 Å². The zero-order valence-corrected chi connectivity index (χ0v) is 16.6. The number of aliphatic hydroxyl groups excluding tert-OH is 1. The number of aromatic amines is 1. The van der Waals surface area contributed by atoms with Gasteiger partial charge >= 0.3 is 0 Å². The van der Waals surface area contributed by atoms with Crippen molar-refractivity contribution >= 4 is 17.2 Å². The van der Waals surface area contributed by atoms with E-state index in [2.05, 4.69) is 22.9 Å². The van der Waals surface area contributed by atoms with Gasteiger partial charge < -0.3 is 19.7 Å². The molecule has 3 heterocycles. The summed E-state index contributed by atoms with van der Waals surface area (Å²) in [5.41, 5.74) is 4.07. The molecule has 148 valence electrons. The van der Waals surface area contributed by atoms with Crippen LogP contribution in [0.5, 0.6) is 0 Å². The molecule has 0 saturated carbocycles. The number of para-hydroxylation sites is 2. The van der Waals surface area contributed by atoms with E-state index in [9.17, 15) is 5.11 Å². The fraction of sp³-hybridized carbons (Fsp3) is 0.455. The Balaban J connectivity index is 1.63. The van der Waals surface area contributed by atoms with E-state index in [0.717, 1.165) is 60.5 Å². The molecule has 2 aliphatic heterocycles. The Morgan fingerprint density at radius 3 is 2.96 bits per heavy atom. The van der Waals surface area contributed by atoms with Gasteiger partial charge in [0.05, 0.1) is 17.1 Å². The highest BCUT2D eigenvalue weighted by Gasteiger charge is 2.31. The van der Waals surface area contributed by atoms with Crippen molar-refractivity contribution in [1.82, 2.24) is 14.9 Å². The Hall–Kier alpha value is -2.44. The zero-order valence-electron chi connectivity index (χ0n) is 16.6. The predicted molar refractivity (Wildman–Crippen MR) is 111 cm³/mol. The maximum Gasteiger partial charge on any atom is 0.182 e. The monoisotopic (exact) mass is 380 g/mol. The lowest BCUT2D eigenvalue weighted by Gasteiger charge is -2.27. The maximum atomic E-state index is 10.2. The van der Waals surface area contributed by atoms with E-state index in [-0.39, 0.29) is 6.04 Å². The molecule has 1 fully saturated rings. The highest BCUT2D eigenvalue weighted by Crippen LogP contribution is 2.37. The van der Waals surface area contributed by atoms with Crippen molar-refractivity contribution in [3.05, 3.63) is 53.1 Å². The molecular formula is C22H28N4O2. The van der Waals surface area contributed by atoms with Crippen LogP contribution in [0.2, 0.25) is 0 Å². The van der Waals surface area contributed by atoms with Gasteiger partial charge in [-0.2, -0.15) is 0 Å². The largest absolute Gasteiger partial charge is 0.364 e. The first-order valence-electron chi connectivity index (χ1n) is 10.2. The van der Waals surface area contributed by atoms with Crippen LogP contribution in [-0.4, -0.2) is 45.6 Å². The van der Waals surface area contributed by atoms with Crippen molar-refractivity contribution in [3.63, 3.8) is 0 Å². The van der Waals surface area contributed by atoms with Gasteiger partial charge in [0.25, 0.3) is 0 Å². The normalized spacial score (nSPS) is 21.3. The molecule has 2 N–H and O–H groups in total. The molecule has 6 heteroatoms. The highest BCUT2D eigenvalue weighted by molar-refractivity contribution is 5.81. The van der Waals surface area contributed by atoms with Crippen LogP contribution in [0.3, 0.4) is 0 Å². The van der Waals surface area contributed by atoms with Crippen molar-refractivity contribution in [2.24, 2.45) is 4.99 Å². The molecule has 0 spiro atoms. The fourth-order valence-corrected chi connectivity index (χ4v) is 4.05. The third-order valence-electron chi connectivity index (χ3n) is 5.52. The average molecular weight is 380 g/mol. The number of benzene rings is 1. The summed E-state index contributed by atoms with van der Waals surface area (Å²) in [7, 11) is 0. The topological polar surface area (TPSA) is 73.7 Å². The van der Waals surface area contributed by atoms with Crippen LogP contribution in [0, 0.1) is 0 Å². The summed E-state index contributed by atoms with van der Waals surface area (Å²) in [6.45, 7) is 5.46. The van der Waals surface area contributed by atoms with Crippen LogP contribution in [0.4, 0.5) is 0 Å². The number of imidazole rings is 1. The molecule has 0 radical (unpaired) electrons. The van der Waals surface area contributed by atoms with Gasteiger partial charge in [-0.3, -0.25) is 0 Å². The molecular weight excluding hydrogens is 352 g/mol. The van der Waals surface area contributed by atoms with Gasteiger partial charge in [-0.25, -0.2) is 9.98 Å². The van der Waals surface area contributed by atoms with Crippen molar-refractivity contribution in [2.75, 3.05) is 13.2 Å². The molecule has 1 aromatic carbocycles. The van der Waals surface area contributed by atoms with Crippen LogP contribution in [0.25, 0.3) is 11.0 Å². The highest BCUT2D eigenvalue weighted by atomic mass is 16.6. The van der Waals surface area contributed by atoms with Crippen molar-refractivity contribution in [3.8, 4) is 0 Å². The minimum atomic E-state index is -0.920. The first-order chi connectivity index (χ1) is 13.7. The Kier molecular flexibility index (Phi) is 5.59. The molecule has 0 aliphatic carbocycles. The Morgan fingerprint density at radius 2 is 2.18 bits per heavy atom. The second-order valence-corrected chi connectivity index (χ2v) is 7.25. The van der Waals surface area contributed by atoms with E-state index < -0.39 is 6.29 Å². The number of aliphatic imine (C=N–C) groups is 1. The van der Waals surface area contributed by atoms with Gasteiger partial charge in [-0.05, 0) is 50.3 Å². The summed E-state index contributed by atoms with van der Waals surface area (Å²) in [4.78, 5) is 15.5. The molecule has 1 saturated heterocycles. The van der Waals surface area contributed by atoms with E-state index in [0.29, 0.717) is 6.61 Å². The first-order valence-corrected chi connectivity index (χ1v) is 10.2. The van der Waals surface area contributed by atoms with Crippen molar-refractivity contribution in [1.29, 1.82) is 0 Å². The fourth-order valence-electron chi connectivity index (χ4n) is 4.05. The Labute approximate surface area is 165 Å². The summed E-state index contributed by atoms with van der Waals surface area (Å²) >= 11 is 0. The summed E-state index contributed by atoms with van der Waals surface area (Å²) in [5.74, 6) is 2.02. The number of nitrogens with zero attached hydrogens (tertiary/aromatic N) is 3. The van der Waals surface area contributed by atoms with Crippen LogP contribution in [-0.2, 0) is 4.74 Å². The lowest BCUT2D eigenvalue weighted by Crippen LogP contribution is -2.24. The minimum absolute atomic E-state index is 0.194. The van der Waals surface area contributed by atoms with Crippen molar-refractivity contribution in [2.45, 2.75) is 51.9 Å². The third-order valence-corrected chi connectivity index (χ3v) is 5.52. The summed E-state index contributed by atoms with van der Waals surface area (Å²) in [6, 6.07) is 8.35. The number of H-pyrrole nitrogens is 1. The van der Waals surface area contributed by atoms with Gasteiger partial charge in [0, 0.05) is 24.9 Å². The number of hydrogen-bond donors (Lipinski definition) is 2. The van der Waals surface area contributed by atoms with Crippen LogP contribution < -0.4 is 0 Å². The molecule has 2 atom stereocenters. The van der Waals surface area contributed by atoms with E-state index in [1.807, 2.05) is 31.2 Å². The molecule has 1 aromatic heterocycles. The van der Waals surface area contributed by atoms with Gasteiger partial charge in [0.2, 0.25) is 0 Å². The number of rotatable bonds is 6. The van der Waals surface area contributed by atoms with Gasteiger partial charge in [0.1, 0.15) is 11.6 Å². The summed E-state index contributed by atoms with van der Waals surface area (Å²) < 4.78 is 5.34. The maximum absolute atomic E-state index is 10.2. The smallest absolute Gasteiger partial charge is 0.182 e. The first kappa shape index (κ1) is 18.9. The zero-order chi connectivity index (χ0) is 19.5. The molecule has 4 rings (SSSR count). The van der Waals surface area contributed by atoms with Gasteiger partial charge in [-0.1, -0.05) is 25.1 Å².